The van der Waals surface area contributed by atoms with Crippen LogP contribution < -0.4 is 5.32 Å². The van der Waals surface area contributed by atoms with Crippen LogP contribution in [0.15, 0.2) is 0 Å². The first-order valence-electron chi connectivity index (χ1n) is 7.11. The van der Waals surface area contributed by atoms with Gasteiger partial charge in [0, 0.05) is 37.6 Å². The second-order valence-corrected chi connectivity index (χ2v) is 5.38. The van der Waals surface area contributed by atoms with Gasteiger partial charge in [0.05, 0.1) is 6.54 Å². The van der Waals surface area contributed by atoms with Crippen LogP contribution >= 0.6 is 0 Å². The highest BCUT2D eigenvalue weighted by molar-refractivity contribution is 5.27. The molecule has 1 aromatic rings. The van der Waals surface area contributed by atoms with Gasteiger partial charge in [-0.15, -0.1) is 0 Å². The number of nitrogens with one attached hydrogen (secondary N) is 1. The molecular formula is C14H22N4. The molecular weight excluding hydrogens is 224 g/mol. The van der Waals surface area contributed by atoms with Gasteiger partial charge in [0.25, 0.3) is 0 Å². The Hall–Kier alpha value is -1.00. The highest BCUT2D eigenvalue weighted by atomic mass is 15.2. The van der Waals surface area contributed by atoms with Crippen molar-refractivity contribution in [2.75, 3.05) is 26.2 Å². The average Bonchev–Trinajstić information content (AvgIpc) is 2.40. The second-order valence-electron chi connectivity index (χ2n) is 5.38. The monoisotopic (exact) mass is 246 g/mol. The Balaban J connectivity index is 1.77. The van der Waals surface area contributed by atoms with E-state index in [0.717, 1.165) is 45.0 Å². The van der Waals surface area contributed by atoms with Crippen molar-refractivity contribution in [3.05, 3.63) is 22.8 Å². The molecule has 0 saturated carbocycles. The van der Waals surface area contributed by atoms with Gasteiger partial charge in [0.2, 0.25) is 0 Å². The maximum absolute atomic E-state index is 4.80. The van der Waals surface area contributed by atoms with Gasteiger partial charge in [0.15, 0.2) is 0 Å². The highest BCUT2D eigenvalue weighted by Crippen LogP contribution is 2.21. The fourth-order valence-corrected chi connectivity index (χ4v) is 2.98. The number of hydrogen-bond acceptors (Lipinski definition) is 4. The summed E-state index contributed by atoms with van der Waals surface area (Å²) in [6.07, 6.45) is 4.91. The molecule has 18 heavy (non-hydrogen) atoms. The Morgan fingerprint density at radius 2 is 1.89 bits per heavy atom. The third-order valence-corrected chi connectivity index (χ3v) is 4.01. The van der Waals surface area contributed by atoms with Gasteiger partial charge in [-0.1, -0.05) is 0 Å². The number of rotatable bonds is 2. The molecule has 1 aliphatic heterocycles. The predicted octanol–water partition coefficient (Wildman–Crippen LogP) is 1.07. The van der Waals surface area contributed by atoms with E-state index in [4.69, 9.17) is 9.97 Å². The van der Waals surface area contributed by atoms with Crippen molar-refractivity contribution >= 4 is 0 Å². The summed E-state index contributed by atoms with van der Waals surface area (Å²) in [5, 5.41) is 3.38. The van der Waals surface area contributed by atoms with Crippen molar-refractivity contribution < 1.29 is 0 Å². The van der Waals surface area contributed by atoms with Crippen LogP contribution in [-0.2, 0) is 19.4 Å². The van der Waals surface area contributed by atoms with Crippen molar-refractivity contribution in [2.45, 2.75) is 39.2 Å². The van der Waals surface area contributed by atoms with Gasteiger partial charge in [-0.2, -0.15) is 0 Å². The first-order valence-corrected chi connectivity index (χ1v) is 7.11. The lowest BCUT2D eigenvalue weighted by Crippen LogP contribution is -2.43. The number of aromatic nitrogens is 2. The number of piperazine rings is 1. The second kappa shape index (κ2) is 5.33. The van der Waals surface area contributed by atoms with E-state index in [1.165, 1.54) is 36.2 Å². The molecule has 1 aromatic heterocycles. The Bertz CT molecular complexity index is 424. The first kappa shape index (κ1) is 12.1. The maximum Gasteiger partial charge on any atom is 0.142 e. The smallest absolute Gasteiger partial charge is 0.142 e. The van der Waals surface area contributed by atoms with E-state index >= 15 is 0 Å². The van der Waals surface area contributed by atoms with Crippen LogP contribution in [0.3, 0.4) is 0 Å². The van der Waals surface area contributed by atoms with Gasteiger partial charge < -0.3 is 5.32 Å². The van der Waals surface area contributed by atoms with E-state index < -0.39 is 0 Å². The van der Waals surface area contributed by atoms with Crippen molar-refractivity contribution in [2.24, 2.45) is 0 Å². The molecule has 0 spiro atoms. The van der Waals surface area contributed by atoms with Crippen molar-refractivity contribution in [1.29, 1.82) is 0 Å². The molecule has 0 radical (unpaired) electrons. The molecule has 0 atom stereocenters. The van der Waals surface area contributed by atoms with Gasteiger partial charge in [-0.3, -0.25) is 4.90 Å². The molecule has 4 nitrogen and oxygen atoms in total. The molecule has 2 aliphatic rings. The standard InChI is InChI=1S/C14H22N4/c1-11-12-4-2-3-5-13(12)17-14(16-11)10-18-8-6-15-7-9-18/h15H,2-10H2,1H3. The molecule has 0 bridgehead atoms. The van der Waals surface area contributed by atoms with Crippen LogP contribution in [-0.4, -0.2) is 41.0 Å². The normalized spacial score (nSPS) is 20.7. The molecule has 3 rings (SSSR count). The minimum Gasteiger partial charge on any atom is -0.314 e. The first-order chi connectivity index (χ1) is 8.83. The van der Waals surface area contributed by atoms with Crippen LogP contribution in [0.25, 0.3) is 0 Å². The summed E-state index contributed by atoms with van der Waals surface area (Å²) < 4.78 is 0. The van der Waals surface area contributed by atoms with Crippen LogP contribution in [0.5, 0.6) is 0 Å². The third kappa shape index (κ3) is 2.54. The van der Waals surface area contributed by atoms with E-state index in [2.05, 4.69) is 17.1 Å². The third-order valence-electron chi connectivity index (χ3n) is 4.01. The number of fused-ring (bicyclic) bond motifs is 1. The summed E-state index contributed by atoms with van der Waals surface area (Å²) >= 11 is 0. The summed E-state index contributed by atoms with van der Waals surface area (Å²) in [5.41, 5.74) is 3.95. The lowest BCUT2D eigenvalue weighted by Gasteiger charge is -2.27. The topological polar surface area (TPSA) is 41.1 Å². The zero-order valence-corrected chi connectivity index (χ0v) is 11.2. The SMILES string of the molecule is Cc1nc(CN2CCNCC2)nc2c1CCCC2. The molecule has 0 amide bonds. The number of aryl methyl sites for hydroxylation is 2. The Kier molecular flexibility index (Phi) is 3.57. The molecule has 0 aromatic carbocycles. The Morgan fingerprint density at radius 1 is 1.11 bits per heavy atom. The summed E-state index contributed by atoms with van der Waals surface area (Å²) in [7, 11) is 0. The van der Waals surface area contributed by atoms with E-state index in [1.54, 1.807) is 0 Å². The highest BCUT2D eigenvalue weighted by Gasteiger charge is 2.17. The summed E-state index contributed by atoms with van der Waals surface area (Å²) in [6.45, 7) is 7.45. The van der Waals surface area contributed by atoms with Gasteiger partial charge in [-0.05, 0) is 38.2 Å². The predicted molar refractivity (Wildman–Crippen MR) is 71.6 cm³/mol. The van der Waals surface area contributed by atoms with Gasteiger partial charge >= 0.3 is 0 Å². The van der Waals surface area contributed by atoms with Crippen molar-refractivity contribution in [1.82, 2.24) is 20.2 Å². The Labute approximate surface area is 109 Å². The number of hydrogen-bond donors (Lipinski definition) is 1. The lowest BCUT2D eigenvalue weighted by molar-refractivity contribution is 0.227. The minimum absolute atomic E-state index is 0.912. The zero-order valence-electron chi connectivity index (χ0n) is 11.2. The zero-order chi connectivity index (χ0) is 12.4. The quantitative estimate of drug-likeness (QED) is 0.847. The molecule has 98 valence electrons. The molecule has 1 N–H and O–H groups in total. The van der Waals surface area contributed by atoms with Crippen LogP contribution in [0.4, 0.5) is 0 Å². The molecule has 0 unspecified atom stereocenters. The van der Waals surface area contributed by atoms with Crippen molar-refractivity contribution in [3.8, 4) is 0 Å². The van der Waals surface area contributed by atoms with E-state index in [1.807, 2.05) is 0 Å². The fourth-order valence-electron chi connectivity index (χ4n) is 2.98. The Morgan fingerprint density at radius 3 is 2.72 bits per heavy atom. The molecule has 1 saturated heterocycles. The van der Waals surface area contributed by atoms with Crippen LogP contribution in [0.2, 0.25) is 0 Å². The molecule has 2 heterocycles. The summed E-state index contributed by atoms with van der Waals surface area (Å²) in [5.74, 6) is 1.02. The average molecular weight is 246 g/mol. The number of nitrogens with zero attached hydrogens (tertiary/aromatic N) is 3. The largest absolute Gasteiger partial charge is 0.314 e. The fraction of sp³-hybridized carbons (Fsp3) is 0.714. The van der Waals surface area contributed by atoms with Gasteiger partial charge in [-0.25, -0.2) is 9.97 Å². The lowest BCUT2D eigenvalue weighted by atomic mass is 9.95. The van der Waals surface area contributed by atoms with Crippen LogP contribution in [0.1, 0.15) is 35.6 Å². The summed E-state index contributed by atoms with van der Waals surface area (Å²) in [4.78, 5) is 11.9. The summed E-state index contributed by atoms with van der Waals surface area (Å²) in [6, 6.07) is 0. The minimum atomic E-state index is 0.912. The van der Waals surface area contributed by atoms with Crippen molar-refractivity contribution in [3.63, 3.8) is 0 Å². The molecule has 1 aliphatic carbocycles. The maximum atomic E-state index is 4.80. The van der Waals surface area contributed by atoms with Crippen LogP contribution in [0, 0.1) is 6.92 Å². The van der Waals surface area contributed by atoms with E-state index in [9.17, 15) is 0 Å². The molecule has 1 fully saturated rings. The molecule has 4 heteroatoms. The van der Waals surface area contributed by atoms with Gasteiger partial charge in [0.1, 0.15) is 5.82 Å². The van der Waals surface area contributed by atoms with E-state index in [-0.39, 0.29) is 0 Å². The van der Waals surface area contributed by atoms with E-state index in [0.29, 0.717) is 0 Å².